The summed E-state index contributed by atoms with van der Waals surface area (Å²) in [5, 5.41) is 8.76. The van der Waals surface area contributed by atoms with Crippen molar-refractivity contribution in [2.24, 2.45) is 5.92 Å². The van der Waals surface area contributed by atoms with Crippen molar-refractivity contribution in [2.75, 3.05) is 19.6 Å². The topological polar surface area (TPSA) is 40.5 Å². The normalized spacial score (nSPS) is 18.8. The second kappa shape index (κ2) is 6.96. The van der Waals surface area contributed by atoms with Crippen LogP contribution in [0.5, 0.6) is 0 Å². The Bertz CT molecular complexity index is 473. The van der Waals surface area contributed by atoms with Crippen LogP contribution in [0, 0.1) is 17.8 Å². The third-order valence-corrected chi connectivity index (χ3v) is 3.39. The average Bonchev–Trinajstić information content (AvgIpc) is 2.83. The summed E-state index contributed by atoms with van der Waals surface area (Å²) in [6.07, 6.45) is 2.14. The third-order valence-electron chi connectivity index (χ3n) is 3.39. The molecule has 0 aliphatic carbocycles. The van der Waals surface area contributed by atoms with Gasteiger partial charge in [0.2, 0.25) is 0 Å². The zero-order valence-corrected chi connectivity index (χ0v) is 11.0. The maximum atomic E-state index is 10.6. The van der Waals surface area contributed by atoms with E-state index in [2.05, 4.69) is 16.7 Å². The minimum atomic E-state index is -0.685. The number of aliphatic carboxylic acids is 1. The lowest BCUT2D eigenvalue weighted by molar-refractivity contribution is -0.138. The van der Waals surface area contributed by atoms with E-state index in [1.54, 1.807) is 0 Å². The first-order valence-electron chi connectivity index (χ1n) is 6.72. The maximum absolute atomic E-state index is 10.6. The van der Waals surface area contributed by atoms with Crippen molar-refractivity contribution in [2.45, 2.75) is 19.3 Å². The van der Waals surface area contributed by atoms with Crippen molar-refractivity contribution in [3.05, 3.63) is 35.9 Å². The summed E-state index contributed by atoms with van der Waals surface area (Å²) < 4.78 is 0. The van der Waals surface area contributed by atoms with Gasteiger partial charge in [0.15, 0.2) is 0 Å². The molecule has 1 saturated heterocycles. The molecule has 1 heterocycles. The fourth-order valence-electron chi connectivity index (χ4n) is 2.43. The maximum Gasteiger partial charge on any atom is 0.303 e. The van der Waals surface area contributed by atoms with Crippen LogP contribution in [-0.2, 0) is 4.79 Å². The molecular formula is C16H19NO2. The highest BCUT2D eigenvalue weighted by Gasteiger charge is 2.23. The van der Waals surface area contributed by atoms with E-state index in [-0.39, 0.29) is 0 Å². The lowest BCUT2D eigenvalue weighted by Crippen LogP contribution is -2.22. The van der Waals surface area contributed by atoms with Gasteiger partial charge in [-0.05, 0) is 31.0 Å². The SMILES string of the molecule is O=C(O)CC1CCN(CCC#Cc2ccccc2)C1. The highest BCUT2D eigenvalue weighted by molar-refractivity contribution is 5.67. The lowest BCUT2D eigenvalue weighted by atomic mass is 10.1. The Labute approximate surface area is 114 Å². The molecule has 1 unspecified atom stereocenters. The number of carbonyl (C=O) groups is 1. The quantitative estimate of drug-likeness (QED) is 0.841. The van der Waals surface area contributed by atoms with Crippen LogP contribution in [0.1, 0.15) is 24.8 Å². The summed E-state index contributed by atoms with van der Waals surface area (Å²) in [5.41, 5.74) is 1.05. The molecule has 1 aliphatic heterocycles. The van der Waals surface area contributed by atoms with Crippen LogP contribution in [0.25, 0.3) is 0 Å². The van der Waals surface area contributed by atoms with E-state index in [0.717, 1.165) is 38.0 Å². The number of carboxylic acids is 1. The van der Waals surface area contributed by atoms with Crippen LogP contribution < -0.4 is 0 Å². The number of hydrogen-bond acceptors (Lipinski definition) is 2. The lowest BCUT2D eigenvalue weighted by Gasteiger charge is -2.13. The number of likely N-dealkylation sites (tertiary alicyclic amines) is 1. The van der Waals surface area contributed by atoms with E-state index in [1.807, 2.05) is 30.3 Å². The summed E-state index contributed by atoms with van der Waals surface area (Å²) in [6.45, 7) is 2.85. The number of carboxylic acid groups (broad SMARTS) is 1. The Hall–Kier alpha value is -1.79. The van der Waals surface area contributed by atoms with Gasteiger partial charge in [-0.15, -0.1) is 0 Å². The minimum absolute atomic E-state index is 0.298. The van der Waals surface area contributed by atoms with Crippen molar-refractivity contribution in [3.63, 3.8) is 0 Å². The van der Waals surface area contributed by atoms with Crippen molar-refractivity contribution in [1.82, 2.24) is 4.90 Å². The molecule has 100 valence electrons. The van der Waals surface area contributed by atoms with E-state index < -0.39 is 5.97 Å². The van der Waals surface area contributed by atoms with Crippen LogP contribution >= 0.6 is 0 Å². The molecule has 1 aromatic carbocycles. The van der Waals surface area contributed by atoms with Gasteiger partial charge in [0.05, 0.1) is 0 Å². The molecule has 1 fully saturated rings. The van der Waals surface area contributed by atoms with E-state index in [9.17, 15) is 4.79 Å². The Kier molecular flexibility index (Phi) is 5.00. The zero-order chi connectivity index (χ0) is 13.5. The van der Waals surface area contributed by atoms with Crippen LogP contribution in [-0.4, -0.2) is 35.6 Å². The third kappa shape index (κ3) is 4.76. The smallest absolute Gasteiger partial charge is 0.303 e. The van der Waals surface area contributed by atoms with Gasteiger partial charge in [0.25, 0.3) is 0 Å². The van der Waals surface area contributed by atoms with Gasteiger partial charge in [-0.2, -0.15) is 0 Å². The summed E-state index contributed by atoms with van der Waals surface area (Å²) in [7, 11) is 0. The van der Waals surface area contributed by atoms with Crippen LogP contribution in [0.15, 0.2) is 30.3 Å². The molecule has 1 aromatic rings. The van der Waals surface area contributed by atoms with Gasteiger partial charge in [0, 0.05) is 31.5 Å². The molecule has 0 bridgehead atoms. The second-order valence-electron chi connectivity index (χ2n) is 4.97. The Morgan fingerprint density at radius 3 is 2.89 bits per heavy atom. The van der Waals surface area contributed by atoms with Crippen LogP contribution in [0.2, 0.25) is 0 Å². The number of rotatable bonds is 4. The van der Waals surface area contributed by atoms with Crippen LogP contribution in [0.3, 0.4) is 0 Å². The minimum Gasteiger partial charge on any atom is -0.481 e. The van der Waals surface area contributed by atoms with Gasteiger partial charge in [0.1, 0.15) is 0 Å². The van der Waals surface area contributed by atoms with Gasteiger partial charge >= 0.3 is 5.97 Å². The number of hydrogen-bond donors (Lipinski definition) is 1. The van der Waals surface area contributed by atoms with E-state index >= 15 is 0 Å². The van der Waals surface area contributed by atoms with E-state index in [1.165, 1.54) is 0 Å². The van der Waals surface area contributed by atoms with Gasteiger partial charge in [-0.25, -0.2) is 0 Å². The van der Waals surface area contributed by atoms with Gasteiger partial charge < -0.3 is 10.0 Å². The monoisotopic (exact) mass is 257 g/mol. The first-order chi connectivity index (χ1) is 9.24. The molecule has 0 radical (unpaired) electrons. The van der Waals surface area contributed by atoms with Crippen LogP contribution in [0.4, 0.5) is 0 Å². The predicted octanol–water partition coefficient (Wildman–Crippen LogP) is 2.22. The van der Waals surface area contributed by atoms with Gasteiger partial charge in [-0.3, -0.25) is 4.79 Å². The largest absolute Gasteiger partial charge is 0.481 e. The highest BCUT2D eigenvalue weighted by Crippen LogP contribution is 2.19. The second-order valence-corrected chi connectivity index (χ2v) is 4.97. The Morgan fingerprint density at radius 2 is 2.16 bits per heavy atom. The summed E-state index contributed by atoms with van der Waals surface area (Å²) in [6, 6.07) is 9.97. The van der Waals surface area contributed by atoms with Crippen molar-refractivity contribution < 1.29 is 9.90 Å². The molecule has 3 nitrogen and oxygen atoms in total. The summed E-state index contributed by atoms with van der Waals surface area (Å²) in [5.74, 6) is 5.95. The predicted molar refractivity (Wildman–Crippen MR) is 74.7 cm³/mol. The van der Waals surface area contributed by atoms with E-state index in [4.69, 9.17) is 5.11 Å². The molecule has 1 aliphatic rings. The Morgan fingerprint density at radius 1 is 1.37 bits per heavy atom. The highest BCUT2D eigenvalue weighted by atomic mass is 16.4. The van der Waals surface area contributed by atoms with Crippen molar-refractivity contribution >= 4 is 5.97 Å². The molecule has 0 saturated carbocycles. The van der Waals surface area contributed by atoms with Crippen molar-refractivity contribution in [3.8, 4) is 11.8 Å². The van der Waals surface area contributed by atoms with Crippen molar-refractivity contribution in [1.29, 1.82) is 0 Å². The molecular weight excluding hydrogens is 238 g/mol. The molecule has 19 heavy (non-hydrogen) atoms. The first kappa shape index (κ1) is 13.6. The summed E-state index contributed by atoms with van der Waals surface area (Å²) >= 11 is 0. The molecule has 2 rings (SSSR count). The molecule has 1 atom stereocenters. The van der Waals surface area contributed by atoms with E-state index in [0.29, 0.717) is 12.3 Å². The van der Waals surface area contributed by atoms with Gasteiger partial charge in [-0.1, -0.05) is 30.0 Å². The Balaban J connectivity index is 1.70. The number of nitrogens with zero attached hydrogens (tertiary/aromatic N) is 1. The summed E-state index contributed by atoms with van der Waals surface area (Å²) in [4.78, 5) is 13.0. The molecule has 0 aromatic heterocycles. The molecule has 3 heteroatoms. The first-order valence-corrected chi connectivity index (χ1v) is 6.72. The fraction of sp³-hybridized carbons (Fsp3) is 0.438. The molecule has 1 N–H and O–H groups in total. The average molecular weight is 257 g/mol. The molecule has 0 amide bonds. The fourth-order valence-corrected chi connectivity index (χ4v) is 2.43. The molecule has 0 spiro atoms. The zero-order valence-electron chi connectivity index (χ0n) is 11.0. The standard InChI is InChI=1S/C16H19NO2/c18-16(19)12-15-9-11-17(13-15)10-5-4-8-14-6-2-1-3-7-14/h1-3,6-7,15H,5,9-13H2,(H,18,19). The number of benzene rings is 1.